The lowest BCUT2D eigenvalue weighted by atomic mass is 10.2. The number of thiophene rings is 1. The average Bonchev–Trinajstić information content (AvgIpc) is 3.43. The van der Waals surface area contributed by atoms with Crippen LogP contribution in [0, 0.1) is 0 Å². The minimum Gasteiger partial charge on any atom is -0.493 e. The summed E-state index contributed by atoms with van der Waals surface area (Å²) in [6.45, 7) is 0.595. The highest BCUT2D eigenvalue weighted by molar-refractivity contribution is 7.12. The van der Waals surface area contributed by atoms with Crippen molar-refractivity contribution in [3.63, 3.8) is 0 Å². The molecule has 35 heavy (non-hydrogen) atoms. The van der Waals surface area contributed by atoms with E-state index in [2.05, 4.69) is 15.8 Å². The Morgan fingerprint density at radius 1 is 1.06 bits per heavy atom. The molecule has 11 heteroatoms. The summed E-state index contributed by atoms with van der Waals surface area (Å²) in [5.41, 5.74) is 3.28. The molecule has 2 aromatic carbocycles. The maximum atomic E-state index is 12.3. The smallest absolute Gasteiger partial charge is 0.353 e. The molecule has 180 valence electrons. The van der Waals surface area contributed by atoms with Crippen LogP contribution in [0.1, 0.15) is 25.6 Å². The number of rotatable bonds is 8. The van der Waals surface area contributed by atoms with E-state index in [1.807, 2.05) is 0 Å². The number of nitrogens with one attached hydrogen (secondary N) is 2. The van der Waals surface area contributed by atoms with Crippen LogP contribution >= 0.6 is 11.3 Å². The van der Waals surface area contributed by atoms with Gasteiger partial charge in [-0.1, -0.05) is 6.07 Å². The fourth-order valence-electron chi connectivity index (χ4n) is 3.06. The number of hydrogen-bond acceptors (Lipinski definition) is 9. The topological polar surface area (TPSA) is 125 Å². The van der Waals surface area contributed by atoms with Gasteiger partial charge >= 0.3 is 5.97 Å². The Kier molecular flexibility index (Phi) is 7.58. The molecule has 0 atom stereocenters. The van der Waals surface area contributed by atoms with Gasteiger partial charge in [0.25, 0.3) is 11.8 Å². The minimum atomic E-state index is -0.513. The monoisotopic (exact) mass is 495 g/mol. The first-order valence-corrected chi connectivity index (χ1v) is 11.3. The number of ether oxygens (including phenoxy) is 4. The molecule has 0 bridgehead atoms. The highest BCUT2D eigenvalue weighted by atomic mass is 32.1. The van der Waals surface area contributed by atoms with Crippen molar-refractivity contribution in [2.75, 3.05) is 26.9 Å². The Morgan fingerprint density at radius 2 is 1.89 bits per heavy atom. The van der Waals surface area contributed by atoms with E-state index in [9.17, 15) is 14.4 Å². The average molecular weight is 496 g/mol. The third kappa shape index (κ3) is 6.15. The number of fused-ring (bicyclic) bond motifs is 1. The quantitative estimate of drug-likeness (QED) is 0.213. The summed E-state index contributed by atoms with van der Waals surface area (Å²) in [4.78, 5) is 37.0. The molecule has 0 aliphatic carbocycles. The summed E-state index contributed by atoms with van der Waals surface area (Å²) in [5, 5.41) is 8.19. The Morgan fingerprint density at radius 3 is 2.66 bits per heavy atom. The van der Waals surface area contributed by atoms with Gasteiger partial charge < -0.3 is 24.3 Å². The molecule has 1 aromatic heterocycles. The summed E-state index contributed by atoms with van der Waals surface area (Å²) >= 11 is 1.28. The number of esters is 1. The van der Waals surface area contributed by atoms with Crippen molar-refractivity contribution < 1.29 is 33.3 Å². The van der Waals surface area contributed by atoms with Gasteiger partial charge in [0.2, 0.25) is 0 Å². The second-order valence-electron chi connectivity index (χ2n) is 7.11. The van der Waals surface area contributed by atoms with Crippen LogP contribution in [-0.2, 0) is 4.79 Å². The maximum Gasteiger partial charge on any atom is 0.353 e. The fraction of sp³-hybridized carbons (Fsp3) is 0.167. The SMILES string of the molecule is COc1cc(/C=N/NC(=O)CNC(=O)c2ccc3c(c2)OCCO3)ccc1OC(=O)c1cccs1. The standard InChI is InChI=1S/C24H21N3O7S/c1-31-19-11-15(4-6-18(19)34-24(30)21-3-2-10-35-21)13-26-27-22(28)14-25-23(29)16-5-7-17-20(12-16)33-9-8-32-17/h2-7,10-13H,8-9,14H2,1H3,(H,25,29)(H,27,28)/b26-13+. The van der Waals surface area contributed by atoms with E-state index >= 15 is 0 Å². The Balaban J connectivity index is 1.28. The zero-order chi connectivity index (χ0) is 24.6. The van der Waals surface area contributed by atoms with E-state index in [0.29, 0.717) is 46.5 Å². The van der Waals surface area contributed by atoms with E-state index in [1.54, 1.807) is 53.9 Å². The van der Waals surface area contributed by atoms with Crippen LogP contribution < -0.4 is 29.7 Å². The van der Waals surface area contributed by atoms with Crippen molar-refractivity contribution in [1.29, 1.82) is 0 Å². The number of methoxy groups -OCH3 is 1. The predicted octanol–water partition coefficient (Wildman–Crippen LogP) is 2.63. The van der Waals surface area contributed by atoms with Gasteiger partial charge in [0, 0.05) is 5.56 Å². The van der Waals surface area contributed by atoms with Crippen LogP contribution in [0.2, 0.25) is 0 Å². The van der Waals surface area contributed by atoms with Crippen molar-refractivity contribution in [3.05, 3.63) is 69.9 Å². The molecule has 0 radical (unpaired) electrons. The van der Waals surface area contributed by atoms with Gasteiger partial charge in [-0.15, -0.1) is 11.3 Å². The lowest BCUT2D eigenvalue weighted by Gasteiger charge is -2.18. The largest absolute Gasteiger partial charge is 0.493 e. The molecule has 0 fully saturated rings. The van der Waals surface area contributed by atoms with Crippen LogP contribution in [0.3, 0.4) is 0 Å². The second kappa shape index (κ2) is 11.2. The van der Waals surface area contributed by atoms with Gasteiger partial charge in [0.05, 0.1) is 19.9 Å². The van der Waals surface area contributed by atoms with E-state index < -0.39 is 17.8 Å². The normalized spacial score (nSPS) is 12.1. The van der Waals surface area contributed by atoms with E-state index in [1.165, 1.54) is 24.7 Å². The molecular formula is C24H21N3O7S. The molecule has 2 N–H and O–H groups in total. The fourth-order valence-corrected chi connectivity index (χ4v) is 3.66. The number of carbonyl (C=O) groups is 3. The molecule has 2 amide bonds. The van der Waals surface area contributed by atoms with Crippen LogP contribution in [0.15, 0.2) is 59.0 Å². The summed E-state index contributed by atoms with van der Waals surface area (Å²) in [7, 11) is 1.45. The molecule has 0 saturated carbocycles. The zero-order valence-electron chi connectivity index (χ0n) is 18.6. The van der Waals surface area contributed by atoms with Crippen molar-refractivity contribution >= 4 is 35.3 Å². The molecule has 0 unspecified atom stereocenters. The number of benzene rings is 2. The number of hydrazone groups is 1. The van der Waals surface area contributed by atoms with Crippen LogP contribution in [0.5, 0.6) is 23.0 Å². The Hall–Kier alpha value is -4.38. The van der Waals surface area contributed by atoms with Gasteiger partial charge in [-0.25, -0.2) is 10.2 Å². The Labute approximate surface area is 204 Å². The summed E-state index contributed by atoms with van der Waals surface area (Å²) < 4.78 is 21.5. The second-order valence-corrected chi connectivity index (χ2v) is 8.06. The van der Waals surface area contributed by atoms with E-state index in [-0.39, 0.29) is 12.3 Å². The highest BCUT2D eigenvalue weighted by Gasteiger charge is 2.16. The van der Waals surface area contributed by atoms with Crippen molar-refractivity contribution in [3.8, 4) is 23.0 Å². The lowest BCUT2D eigenvalue weighted by Crippen LogP contribution is -2.35. The number of hydrogen-bond donors (Lipinski definition) is 2. The van der Waals surface area contributed by atoms with Crippen LogP contribution in [-0.4, -0.2) is 50.9 Å². The summed E-state index contributed by atoms with van der Waals surface area (Å²) in [6, 6.07) is 13.1. The third-order valence-electron chi connectivity index (χ3n) is 4.73. The first-order valence-electron chi connectivity index (χ1n) is 10.5. The molecule has 0 saturated heterocycles. The first kappa shape index (κ1) is 23.8. The third-order valence-corrected chi connectivity index (χ3v) is 5.58. The van der Waals surface area contributed by atoms with Crippen LogP contribution in [0.25, 0.3) is 0 Å². The van der Waals surface area contributed by atoms with E-state index in [0.717, 1.165) is 0 Å². The summed E-state index contributed by atoms with van der Waals surface area (Å²) in [6.07, 6.45) is 1.40. The van der Waals surface area contributed by atoms with Crippen molar-refractivity contribution in [2.24, 2.45) is 5.10 Å². The van der Waals surface area contributed by atoms with Crippen molar-refractivity contribution in [2.45, 2.75) is 0 Å². The minimum absolute atomic E-state index is 0.258. The number of amides is 2. The number of nitrogens with zero attached hydrogens (tertiary/aromatic N) is 1. The molecule has 2 heterocycles. The first-order chi connectivity index (χ1) is 17.0. The Bertz CT molecular complexity index is 1260. The van der Waals surface area contributed by atoms with Crippen molar-refractivity contribution in [1.82, 2.24) is 10.7 Å². The van der Waals surface area contributed by atoms with Gasteiger partial charge in [-0.05, 0) is 53.4 Å². The zero-order valence-corrected chi connectivity index (χ0v) is 19.4. The number of carbonyl (C=O) groups excluding carboxylic acids is 3. The molecule has 10 nitrogen and oxygen atoms in total. The molecule has 1 aliphatic rings. The molecule has 3 aromatic rings. The van der Waals surface area contributed by atoms with Gasteiger partial charge in [0.15, 0.2) is 23.0 Å². The molecule has 4 rings (SSSR count). The van der Waals surface area contributed by atoms with E-state index in [4.69, 9.17) is 18.9 Å². The molecule has 1 aliphatic heterocycles. The molecule has 0 spiro atoms. The molecular weight excluding hydrogens is 474 g/mol. The maximum absolute atomic E-state index is 12.3. The van der Waals surface area contributed by atoms with Gasteiger partial charge in [-0.2, -0.15) is 5.10 Å². The lowest BCUT2D eigenvalue weighted by molar-refractivity contribution is -0.120. The van der Waals surface area contributed by atoms with Crippen LogP contribution in [0.4, 0.5) is 0 Å². The predicted molar refractivity (Wildman–Crippen MR) is 128 cm³/mol. The van der Waals surface area contributed by atoms with Gasteiger partial charge in [0.1, 0.15) is 18.1 Å². The summed E-state index contributed by atoms with van der Waals surface area (Å²) in [5.74, 6) is 0.223. The highest BCUT2D eigenvalue weighted by Crippen LogP contribution is 2.31. The van der Waals surface area contributed by atoms with Gasteiger partial charge in [-0.3, -0.25) is 9.59 Å².